The minimum Gasteiger partial charge on any atom is -0.382 e. The van der Waals surface area contributed by atoms with Crippen LogP contribution < -0.4 is 0 Å². The van der Waals surface area contributed by atoms with Crippen molar-refractivity contribution in [2.75, 3.05) is 0 Å². The molecule has 0 amide bonds. The molecule has 0 radical (unpaired) electrons. The molecule has 2 aromatic rings. The van der Waals surface area contributed by atoms with Gasteiger partial charge in [0.25, 0.3) is 0 Å². The van der Waals surface area contributed by atoms with Gasteiger partial charge in [-0.05, 0) is 36.2 Å². The van der Waals surface area contributed by atoms with Crippen molar-refractivity contribution in [3.63, 3.8) is 0 Å². The molecule has 20 heavy (non-hydrogen) atoms. The SMILES string of the molecule is Cc1ccc(C(O)c2ccc(C(F)(F)F)cn2)cc1F. The van der Waals surface area contributed by atoms with Crippen LogP contribution in [0.5, 0.6) is 0 Å². The van der Waals surface area contributed by atoms with Gasteiger partial charge in [-0.25, -0.2) is 4.39 Å². The van der Waals surface area contributed by atoms with Crippen LogP contribution in [0.1, 0.15) is 28.5 Å². The smallest absolute Gasteiger partial charge is 0.382 e. The van der Waals surface area contributed by atoms with Crippen molar-refractivity contribution < 1.29 is 22.7 Å². The molecule has 1 heterocycles. The first-order valence-corrected chi connectivity index (χ1v) is 5.76. The quantitative estimate of drug-likeness (QED) is 0.855. The van der Waals surface area contributed by atoms with Crippen LogP contribution in [0.4, 0.5) is 17.6 Å². The largest absolute Gasteiger partial charge is 0.417 e. The molecule has 0 spiro atoms. The maximum absolute atomic E-state index is 13.4. The summed E-state index contributed by atoms with van der Waals surface area (Å²) in [7, 11) is 0. The van der Waals surface area contributed by atoms with Crippen LogP contribution in [0.15, 0.2) is 36.5 Å². The van der Waals surface area contributed by atoms with Gasteiger partial charge < -0.3 is 5.11 Å². The van der Waals surface area contributed by atoms with Crippen molar-refractivity contribution in [3.8, 4) is 0 Å². The van der Waals surface area contributed by atoms with Gasteiger partial charge in [-0.2, -0.15) is 13.2 Å². The zero-order valence-corrected chi connectivity index (χ0v) is 10.4. The van der Waals surface area contributed by atoms with Crippen LogP contribution in [0.3, 0.4) is 0 Å². The summed E-state index contributed by atoms with van der Waals surface area (Å²) in [5.74, 6) is -0.492. The van der Waals surface area contributed by atoms with E-state index in [1.165, 1.54) is 12.1 Å². The monoisotopic (exact) mass is 285 g/mol. The van der Waals surface area contributed by atoms with Gasteiger partial charge in [-0.15, -0.1) is 0 Å². The number of benzene rings is 1. The fraction of sp³-hybridized carbons (Fsp3) is 0.214. The van der Waals surface area contributed by atoms with E-state index in [1.807, 2.05) is 0 Å². The Kier molecular flexibility index (Phi) is 3.76. The van der Waals surface area contributed by atoms with E-state index < -0.39 is 23.7 Å². The maximum atomic E-state index is 13.4. The molecule has 106 valence electrons. The predicted octanol–water partition coefficient (Wildman–Crippen LogP) is 3.63. The molecule has 0 saturated carbocycles. The summed E-state index contributed by atoms with van der Waals surface area (Å²) in [5.41, 5.74) is -0.216. The lowest BCUT2D eigenvalue weighted by Gasteiger charge is -2.12. The lowest BCUT2D eigenvalue weighted by molar-refractivity contribution is -0.137. The van der Waals surface area contributed by atoms with Gasteiger partial charge in [0.05, 0.1) is 11.3 Å². The molecule has 2 rings (SSSR count). The predicted molar refractivity (Wildman–Crippen MR) is 64.4 cm³/mol. The van der Waals surface area contributed by atoms with Gasteiger partial charge in [0.1, 0.15) is 11.9 Å². The Hall–Kier alpha value is -1.95. The highest BCUT2D eigenvalue weighted by atomic mass is 19.4. The van der Waals surface area contributed by atoms with Crippen molar-refractivity contribution in [2.45, 2.75) is 19.2 Å². The van der Waals surface area contributed by atoms with Crippen molar-refractivity contribution in [3.05, 3.63) is 64.7 Å². The Morgan fingerprint density at radius 3 is 2.35 bits per heavy atom. The molecule has 2 nitrogen and oxygen atoms in total. The van der Waals surface area contributed by atoms with E-state index in [0.717, 1.165) is 18.2 Å². The zero-order valence-electron chi connectivity index (χ0n) is 10.4. The van der Waals surface area contributed by atoms with Gasteiger partial charge in [0, 0.05) is 6.20 Å². The fourth-order valence-corrected chi connectivity index (χ4v) is 1.68. The Bertz CT molecular complexity index is 608. The van der Waals surface area contributed by atoms with Crippen LogP contribution in [0, 0.1) is 12.7 Å². The average Bonchev–Trinajstić information content (AvgIpc) is 2.40. The number of aliphatic hydroxyl groups excluding tert-OH is 1. The fourth-order valence-electron chi connectivity index (χ4n) is 1.68. The van der Waals surface area contributed by atoms with E-state index in [9.17, 15) is 22.7 Å². The average molecular weight is 285 g/mol. The van der Waals surface area contributed by atoms with E-state index in [4.69, 9.17) is 0 Å². The Labute approximate surface area is 112 Å². The van der Waals surface area contributed by atoms with E-state index in [-0.39, 0.29) is 11.3 Å². The van der Waals surface area contributed by atoms with Gasteiger partial charge in [0.15, 0.2) is 0 Å². The summed E-state index contributed by atoms with van der Waals surface area (Å²) >= 11 is 0. The van der Waals surface area contributed by atoms with E-state index in [2.05, 4.69) is 4.98 Å². The third-order valence-corrected chi connectivity index (χ3v) is 2.91. The summed E-state index contributed by atoms with van der Waals surface area (Å²) in [5, 5.41) is 9.99. The van der Waals surface area contributed by atoms with Gasteiger partial charge >= 0.3 is 6.18 Å². The second-order valence-corrected chi connectivity index (χ2v) is 4.38. The highest BCUT2D eigenvalue weighted by Gasteiger charge is 2.31. The third kappa shape index (κ3) is 2.96. The van der Waals surface area contributed by atoms with Crippen LogP contribution in [0.2, 0.25) is 0 Å². The summed E-state index contributed by atoms with van der Waals surface area (Å²) in [4.78, 5) is 3.58. The number of halogens is 4. The van der Waals surface area contributed by atoms with Crippen LogP contribution in [-0.2, 0) is 6.18 Å². The topological polar surface area (TPSA) is 33.1 Å². The number of alkyl halides is 3. The standard InChI is InChI=1S/C14H11F4NO/c1-8-2-3-9(6-11(8)15)13(20)12-5-4-10(7-19-12)14(16,17)18/h2-7,13,20H,1H3. The lowest BCUT2D eigenvalue weighted by atomic mass is 10.0. The molecule has 6 heteroatoms. The third-order valence-electron chi connectivity index (χ3n) is 2.91. The molecule has 1 N–H and O–H groups in total. The molecule has 1 atom stereocenters. The minimum absolute atomic E-state index is 0.0289. The normalized spacial score (nSPS) is 13.3. The lowest BCUT2D eigenvalue weighted by Crippen LogP contribution is -2.08. The summed E-state index contributed by atoms with van der Waals surface area (Å²) in [6.45, 7) is 1.57. The van der Waals surface area contributed by atoms with Crippen LogP contribution in [0.25, 0.3) is 0 Å². The molecule has 0 aliphatic carbocycles. The molecule has 0 aliphatic heterocycles. The van der Waals surface area contributed by atoms with Gasteiger partial charge in [-0.3, -0.25) is 4.98 Å². The Balaban J connectivity index is 2.29. The zero-order chi connectivity index (χ0) is 14.9. The number of hydrogen-bond acceptors (Lipinski definition) is 2. The first-order chi connectivity index (χ1) is 9.29. The first-order valence-electron chi connectivity index (χ1n) is 5.76. The number of aromatic nitrogens is 1. The molecule has 1 unspecified atom stereocenters. The Morgan fingerprint density at radius 2 is 1.85 bits per heavy atom. The van der Waals surface area contributed by atoms with Gasteiger partial charge in [0.2, 0.25) is 0 Å². The first kappa shape index (κ1) is 14.5. The molecule has 0 fully saturated rings. The number of aliphatic hydroxyl groups is 1. The highest BCUT2D eigenvalue weighted by Crippen LogP contribution is 2.30. The molecule has 1 aromatic carbocycles. The number of aryl methyl sites for hydroxylation is 1. The summed E-state index contributed by atoms with van der Waals surface area (Å²) in [6, 6.07) is 6.03. The number of hydrogen-bond donors (Lipinski definition) is 1. The summed E-state index contributed by atoms with van der Waals surface area (Å²) in [6.07, 6.45) is -5.11. The minimum atomic E-state index is -4.48. The second-order valence-electron chi connectivity index (χ2n) is 4.38. The summed E-state index contributed by atoms with van der Waals surface area (Å²) < 4.78 is 50.6. The van der Waals surface area contributed by atoms with Gasteiger partial charge in [-0.1, -0.05) is 12.1 Å². The maximum Gasteiger partial charge on any atom is 0.417 e. The molecule has 0 aliphatic rings. The number of nitrogens with zero attached hydrogens (tertiary/aromatic N) is 1. The molecule has 0 bridgehead atoms. The van der Waals surface area contributed by atoms with Crippen molar-refractivity contribution >= 4 is 0 Å². The van der Waals surface area contributed by atoms with Crippen molar-refractivity contribution in [1.29, 1.82) is 0 Å². The highest BCUT2D eigenvalue weighted by molar-refractivity contribution is 5.30. The van der Waals surface area contributed by atoms with E-state index in [1.54, 1.807) is 6.92 Å². The molecular formula is C14H11F4NO. The van der Waals surface area contributed by atoms with Crippen LogP contribution >= 0.6 is 0 Å². The van der Waals surface area contributed by atoms with E-state index in [0.29, 0.717) is 11.8 Å². The van der Waals surface area contributed by atoms with Crippen LogP contribution in [-0.4, -0.2) is 10.1 Å². The van der Waals surface area contributed by atoms with E-state index >= 15 is 0 Å². The molecule has 1 aromatic heterocycles. The number of pyridine rings is 1. The molecule has 0 saturated heterocycles. The number of rotatable bonds is 2. The second kappa shape index (κ2) is 5.20. The van der Waals surface area contributed by atoms with Crippen molar-refractivity contribution in [2.24, 2.45) is 0 Å². The Morgan fingerprint density at radius 1 is 1.15 bits per heavy atom. The molecular weight excluding hydrogens is 274 g/mol. The van der Waals surface area contributed by atoms with Crippen molar-refractivity contribution in [1.82, 2.24) is 4.98 Å².